The molecule has 1 atom stereocenters. The van der Waals surface area contributed by atoms with Crippen molar-refractivity contribution in [2.24, 2.45) is 4.99 Å². The molecule has 46 heavy (non-hydrogen) atoms. The standard InChI is InChI=1S/C41H51N3O2/c1-26-20-28(3)37(29(4)21-26)43-18-19-44(38-30(5)22-27(2)23-31(38)6)39(43)41(10,35-17-16-34(46-11)24-36(35)45)25-42-33-14-12-32(13-15-33)40(7,8)9/h12-17,20-25,39,45H,18-19H2,1-11H3. The zero-order valence-electron chi connectivity index (χ0n) is 29.6. The number of hydrogen-bond donors (Lipinski definition) is 1. The van der Waals surface area contributed by atoms with Crippen LogP contribution < -0.4 is 14.5 Å². The zero-order valence-corrected chi connectivity index (χ0v) is 29.6. The highest BCUT2D eigenvalue weighted by atomic mass is 16.5. The molecule has 0 bridgehead atoms. The molecule has 5 nitrogen and oxygen atoms in total. The van der Waals surface area contributed by atoms with E-state index in [2.05, 4.69) is 134 Å². The molecule has 5 heteroatoms. The summed E-state index contributed by atoms with van der Waals surface area (Å²) in [4.78, 5) is 10.2. The number of aromatic hydroxyl groups is 1. The van der Waals surface area contributed by atoms with E-state index in [0.29, 0.717) is 5.75 Å². The van der Waals surface area contributed by atoms with Crippen molar-refractivity contribution in [2.75, 3.05) is 30.0 Å². The quantitative estimate of drug-likeness (QED) is 0.210. The molecular formula is C41H51N3O2. The lowest BCUT2D eigenvalue weighted by Gasteiger charge is -2.45. The highest BCUT2D eigenvalue weighted by Crippen LogP contribution is 2.46. The summed E-state index contributed by atoms with van der Waals surface area (Å²) < 4.78 is 5.51. The number of anilines is 2. The van der Waals surface area contributed by atoms with Crippen LogP contribution in [0.4, 0.5) is 17.1 Å². The summed E-state index contributed by atoms with van der Waals surface area (Å²) in [6.45, 7) is 23.7. The van der Waals surface area contributed by atoms with Gasteiger partial charge in [0, 0.05) is 42.3 Å². The van der Waals surface area contributed by atoms with Crippen LogP contribution in [0.3, 0.4) is 0 Å². The first-order chi connectivity index (χ1) is 21.6. The van der Waals surface area contributed by atoms with Crippen LogP contribution in [0, 0.1) is 41.5 Å². The molecule has 1 fully saturated rings. The molecule has 0 amide bonds. The topological polar surface area (TPSA) is 48.3 Å². The molecule has 1 unspecified atom stereocenters. The van der Waals surface area contributed by atoms with Crippen molar-refractivity contribution >= 4 is 23.3 Å². The largest absolute Gasteiger partial charge is 0.507 e. The highest BCUT2D eigenvalue weighted by molar-refractivity contribution is 5.83. The van der Waals surface area contributed by atoms with Crippen LogP contribution in [0.1, 0.15) is 72.2 Å². The van der Waals surface area contributed by atoms with Gasteiger partial charge in [0.05, 0.1) is 18.2 Å². The number of aliphatic imine (C=N–C) groups is 1. The molecule has 0 aliphatic carbocycles. The second-order valence-corrected chi connectivity index (χ2v) is 14.5. The summed E-state index contributed by atoms with van der Waals surface area (Å²) in [7, 11) is 1.63. The van der Waals surface area contributed by atoms with Gasteiger partial charge in [-0.2, -0.15) is 0 Å². The van der Waals surface area contributed by atoms with Crippen molar-refractivity contribution in [1.82, 2.24) is 0 Å². The summed E-state index contributed by atoms with van der Waals surface area (Å²) in [6, 6.07) is 23.3. The summed E-state index contributed by atoms with van der Waals surface area (Å²) in [5, 5.41) is 11.7. The number of nitrogens with zero attached hydrogens (tertiary/aromatic N) is 3. The number of ether oxygens (including phenoxy) is 1. The van der Waals surface area contributed by atoms with Crippen molar-refractivity contribution in [3.8, 4) is 11.5 Å². The van der Waals surface area contributed by atoms with Gasteiger partial charge < -0.3 is 19.6 Å². The van der Waals surface area contributed by atoms with Gasteiger partial charge in [-0.3, -0.25) is 4.99 Å². The Morgan fingerprint density at radius 3 is 1.61 bits per heavy atom. The number of aryl methyl sites for hydroxylation is 6. The molecule has 0 radical (unpaired) electrons. The fourth-order valence-corrected chi connectivity index (χ4v) is 7.62. The van der Waals surface area contributed by atoms with Gasteiger partial charge in [-0.15, -0.1) is 0 Å². The molecule has 1 aliphatic rings. The Kier molecular flexibility index (Phi) is 9.01. The molecule has 4 aromatic rings. The summed E-state index contributed by atoms with van der Waals surface area (Å²) >= 11 is 0. The lowest BCUT2D eigenvalue weighted by Crippen LogP contribution is -2.55. The van der Waals surface area contributed by atoms with Gasteiger partial charge in [-0.1, -0.05) is 74.4 Å². The average Bonchev–Trinajstić information content (AvgIpc) is 3.39. The van der Waals surface area contributed by atoms with Gasteiger partial charge in [0.15, 0.2) is 0 Å². The third-order valence-corrected chi connectivity index (χ3v) is 9.55. The fourth-order valence-electron chi connectivity index (χ4n) is 7.62. The third kappa shape index (κ3) is 6.25. The van der Waals surface area contributed by atoms with E-state index in [-0.39, 0.29) is 17.3 Å². The molecule has 1 saturated heterocycles. The summed E-state index contributed by atoms with van der Waals surface area (Å²) in [5.41, 5.74) is 12.2. The SMILES string of the molecule is COc1ccc(C(C)(C=Nc2ccc(C(C)(C)C)cc2)C2N(c3c(C)cc(C)cc3C)CCN2c2c(C)cc(C)cc2C)c(O)c1. The molecule has 5 rings (SSSR count). The summed E-state index contributed by atoms with van der Waals surface area (Å²) in [6.07, 6.45) is 1.87. The van der Waals surface area contributed by atoms with Crippen LogP contribution >= 0.6 is 0 Å². The number of phenols is 1. The minimum atomic E-state index is -0.747. The Morgan fingerprint density at radius 2 is 1.20 bits per heavy atom. The van der Waals surface area contributed by atoms with E-state index in [1.165, 1.54) is 50.3 Å². The lowest BCUT2D eigenvalue weighted by molar-refractivity contribution is 0.400. The Bertz CT molecular complexity index is 1650. The Balaban J connectivity index is 1.77. The fraction of sp³-hybridized carbons (Fsp3) is 0.390. The van der Waals surface area contributed by atoms with Gasteiger partial charge in [-0.05, 0) is 99.9 Å². The minimum Gasteiger partial charge on any atom is -0.507 e. The monoisotopic (exact) mass is 617 g/mol. The van der Waals surface area contributed by atoms with Crippen molar-refractivity contribution in [3.63, 3.8) is 0 Å². The van der Waals surface area contributed by atoms with Crippen LogP contribution in [0.2, 0.25) is 0 Å². The molecule has 242 valence electrons. The van der Waals surface area contributed by atoms with E-state index in [1.807, 2.05) is 12.1 Å². The van der Waals surface area contributed by atoms with Gasteiger partial charge in [0.25, 0.3) is 0 Å². The predicted molar refractivity (Wildman–Crippen MR) is 195 cm³/mol. The van der Waals surface area contributed by atoms with Gasteiger partial charge in [0.2, 0.25) is 0 Å². The molecule has 0 aromatic heterocycles. The molecule has 0 spiro atoms. The third-order valence-electron chi connectivity index (χ3n) is 9.55. The average molecular weight is 618 g/mol. The van der Waals surface area contributed by atoms with Gasteiger partial charge in [-0.25, -0.2) is 0 Å². The molecular weight excluding hydrogens is 566 g/mol. The second kappa shape index (κ2) is 12.5. The van der Waals surface area contributed by atoms with E-state index in [9.17, 15) is 5.11 Å². The Labute approximate surface area is 276 Å². The Morgan fingerprint density at radius 1 is 0.717 bits per heavy atom. The van der Waals surface area contributed by atoms with Gasteiger partial charge in [0.1, 0.15) is 17.7 Å². The van der Waals surface area contributed by atoms with Crippen LogP contribution in [-0.4, -0.2) is 37.7 Å². The first-order valence-electron chi connectivity index (χ1n) is 16.4. The van der Waals surface area contributed by atoms with Crippen LogP contribution in [0.5, 0.6) is 11.5 Å². The Hall–Kier alpha value is -4.25. The first-order valence-corrected chi connectivity index (χ1v) is 16.4. The second-order valence-electron chi connectivity index (χ2n) is 14.5. The van der Waals surface area contributed by atoms with E-state index < -0.39 is 5.41 Å². The van der Waals surface area contributed by atoms with Crippen LogP contribution in [0.15, 0.2) is 71.7 Å². The molecule has 0 saturated carbocycles. The van der Waals surface area contributed by atoms with Crippen LogP contribution in [0.25, 0.3) is 0 Å². The van der Waals surface area contributed by atoms with E-state index in [0.717, 1.165) is 24.3 Å². The lowest BCUT2D eigenvalue weighted by atomic mass is 9.78. The minimum absolute atomic E-state index is 0.0595. The van der Waals surface area contributed by atoms with Crippen molar-refractivity contribution in [2.45, 2.75) is 86.2 Å². The molecule has 1 N–H and O–H groups in total. The number of benzene rings is 4. The van der Waals surface area contributed by atoms with E-state index >= 15 is 0 Å². The maximum Gasteiger partial charge on any atom is 0.123 e. The van der Waals surface area contributed by atoms with Crippen molar-refractivity contribution in [3.05, 3.63) is 111 Å². The zero-order chi connectivity index (χ0) is 33.6. The number of methoxy groups -OCH3 is 1. The summed E-state index contributed by atoms with van der Waals surface area (Å²) in [5.74, 6) is 0.812. The van der Waals surface area contributed by atoms with E-state index in [4.69, 9.17) is 9.73 Å². The maximum absolute atomic E-state index is 11.7. The molecule has 1 aliphatic heterocycles. The van der Waals surface area contributed by atoms with Crippen molar-refractivity contribution in [1.29, 1.82) is 0 Å². The number of phenolic OH excluding ortho intramolecular Hbond substituents is 1. The normalized spacial score (nSPS) is 15.5. The predicted octanol–water partition coefficient (Wildman–Crippen LogP) is 9.56. The van der Waals surface area contributed by atoms with Gasteiger partial charge >= 0.3 is 0 Å². The highest BCUT2D eigenvalue weighted by Gasteiger charge is 2.48. The molecule has 4 aromatic carbocycles. The van der Waals surface area contributed by atoms with Crippen LogP contribution in [-0.2, 0) is 10.8 Å². The first kappa shape index (κ1) is 33.1. The van der Waals surface area contributed by atoms with E-state index in [1.54, 1.807) is 13.2 Å². The number of hydrogen-bond acceptors (Lipinski definition) is 5. The van der Waals surface area contributed by atoms with Crippen molar-refractivity contribution < 1.29 is 9.84 Å². The number of rotatable bonds is 7. The molecule has 1 heterocycles. The maximum atomic E-state index is 11.7. The smallest absolute Gasteiger partial charge is 0.123 e.